The van der Waals surface area contributed by atoms with Crippen molar-refractivity contribution in [3.63, 3.8) is 0 Å². The van der Waals surface area contributed by atoms with E-state index in [4.69, 9.17) is 9.47 Å². The molecule has 0 saturated carbocycles. The maximum absolute atomic E-state index is 12.3. The number of sulfonamides is 1. The zero-order valence-corrected chi connectivity index (χ0v) is 18.5. The van der Waals surface area contributed by atoms with Crippen molar-refractivity contribution >= 4 is 21.8 Å². The van der Waals surface area contributed by atoms with Crippen LogP contribution in [0.3, 0.4) is 0 Å². The summed E-state index contributed by atoms with van der Waals surface area (Å²) in [5.74, 6) is 0.309. The number of aliphatic hydroxyl groups is 1. The van der Waals surface area contributed by atoms with Crippen LogP contribution in [0.15, 0.2) is 53.4 Å². The zero-order valence-electron chi connectivity index (χ0n) is 16.8. The first kappa shape index (κ1) is 24.6. The lowest BCUT2D eigenvalue weighted by Crippen LogP contribution is -2.44. The Bertz CT molecular complexity index is 962. The van der Waals surface area contributed by atoms with E-state index in [-0.39, 0.29) is 17.3 Å². The summed E-state index contributed by atoms with van der Waals surface area (Å²) in [4.78, 5) is 0.800. The van der Waals surface area contributed by atoms with Crippen LogP contribution in [0, 0.1) is 0 Å². The first-order chi connectivity index (χ1) is 15.1. The third kappa shape index (κ3) is 7.85. The Hall–Kier alpha value is -1.99. The topological polar surface area (TPSA) is 85.3 Å². The molecule has 0 radical (unpaired) electrons. The van der Waals surface area contributed by atoms with Crippen LogP contribution in [-0.2, 0) is 14.8 Å². The van der Waals surface area contributed by atoms with Gasteiger partial charge in [-0.2, -0.15) is 4.31 Å². The highest BCUT2D eigenvalue weighted by Crippen LogP contribution is 2.29. The predicted octanol–water partition coefficient (Wildman–Crippen LogP) is 3.49. The van der Waals surface area contributed by atoms with Gasteiger partial charge in [0.05, 0.1) is 25.1 Å². The SMILES string of the molecule is O=S(=O)(CC(O)CSc1ccc(Oc2ccc(OC(F)(F)F)cc2)cc1)N1CCOCC1. The fraction of sp³-hybridized carbons (Fsp3) is 0.400. The molecule has 1 aliphatic heterocycles. The molecule has 1 aliphatic rings. The van der Waals surface area contributed by atoms with E-state index < -0.39 is 22.5 Å². The molecule has 3 rings (SSSR count). The van der Waals surface area contributed by atoms with E-state index in [1.165, 1.54) is 28.2 Å². The van der Waals surface area contributed by atoms with Gasteiger partial charge in [-0.05, 0) is 48.5 Å². The summed E-state index contributed by atoms with van der Waals surface area (Å²) < 4.78 is 77.1. The average Bonchev–Trinajstić information content (AvgIpc) is 2.74. The van der Waals surface area contributed by atoms with Gasteiger partial charge >= 0.3 is 6.36 Å². The number of aliphatic hydroxyl groups excluding tert-OH is 1. The Labute approximate surface area is 188 Å². The van der Waals surface area contributed by atoms with E-state index in [0.717, 1.165) is 17.0 Å². The van der Waals surface area contributed by atoms with Crippen LogP contribution in [0.25, 0.3) is 0 Å². The molecule has 1 fully saturated rings. The summed E-state index contributed by atoms with van der Waals surface area (Å²) in [6.07, 6.45) is -5.78. The van der Waals surface area contributed by atoms with E-state index >= 15 is 0 Å². The summed E-state index contributed by atoms with van der Waals surface area (Å²) in [6.45, 7) is 1.29. The second kappa shape index (κ2) is 10.8. The van der Waals surface area contributed by atoms with Gasteiger partial charge in [-0.25, -0.2) is 8.42 Å². The number of ether oxygens (including phenoxy) is 3. The average molecular weight is 494 g/mol. The summed E-state index contributed by atoms with van der Waals surface area (Å²) in [7, 11) is -3.54. The van der Waals surface area contributed by atoms with E-state index in [1.807, 2.05) is 0 Å². The molecule has 0 aliphatic carbocycles. The lowest BCUT2D eigenvalue weighted by Gasteiger charge is -2.26. The van der Waals surface area contributed by atoms with Gasteiger partial charge in [0.1, 0.15) is 17.2 Å². The summed E-state index contributed by atoms with van der Waals surface area (Å²) >= 11 is 1.30. The van der Waals surface area contributed by atoms with Crippen LogP contribution in [0.1, 0.15) is 0 Å². The molecule has 1 atom stereocenters. The van der Waals surface area contributed by atoms with Gasteiger partial charge in [0, 0.05) is 23.7 Å². The van der Waals surface area contributed by atoms with Gasteiger partial charge in [0.2, 0.25) is 10.0 Å². The number of hydrogen-bond donors (Lipinski definition) is 1. The highest BCUT2D eigenvalue weighted by Gasteiger charge is 2.31. The molecule has 0 spiro atoms. The smallest absolute Gasteiger partial charge is 0.457 e. The molecule has 12 heteroatoms. The van der Waals surface area contributed by atoms with Crippen molar-refractivity contribution in [3.05, 3.63) is 48.5 Å². The molecule has 1 unspecified atom stereocenters. The Balaban J connectivity index is 1.47. The number of morpholine rings is 1. The number of nitrogens with zero attached hydrogens (tertiary/aromatic N) is 1. The minimum absolute atomic E-state index is 0.199. The molecule has 1 saturated heterocycles. The standard InChI is InChI=1S/C20H22F3NO6S2/c21-20(22,23)30-18-3-1-16(2-4-18)29-17-5-7-19(8-6-17)31-13-15(25)14-32(26,27)24-9-11-28-12-10-24/h1-8,15,25H,9-14H2. The molecule has 0 amide bonds. The molecule has 0 bridgehead atoms. The van der Waals surface area contributed by atoms with Gasteiger partial charge in [0.25, 0.3) is 0 Å². The van der Waals surface area contributed by atoms with Gasteiger partial charge < -0.3 is 19.3 Å². The maximum Gasteiger partial charge on any atom is 0.573 e. The highest BCUT2D eigenvalue weighted by molar-refractivity contribution is 7.99. The third-order valence-corrected chi connectivity index (χ3v) is 7.44. The highest BCUT2D eigenvalue weighted by atomic mass is 32.2. The minimum Gasteiger partial charge on any atom is -0.457 e. The Morgan fingerprint density at radius 3 is 2.09 bits per heavy atom. The minimum atomic E-state index is -4.75. The van der Waals surface area contributed by atoms with Gasteiger partial charge in [0.15, 0.2) is 0 Å². The number of halogens is 3. The van der Waals surface area contributed by atoms with Crippen LogP contribution in [0.5, 0.6) is 17.2 Å². The third-order valence-electron chi connectivity index (χ3n) is 4.33. The summed E-state index contributed by atoms with van der Waals surface area (Å²) in [5, 5.41) is 10.2. The van der Waals surface area contributed by atoms with E-state index in [0.29, 0.717) is 37.8 Å². The van der Waals surface area contributed by atoms with Gasteiger partial charge in [-0.15, -0.1) is 24.9 Å². The lowest BCUT2D eigenvalue weighted by atomic mass is 10.3. The normalized spacial score (nSPS) is 16.5. The lowest BCUT2D eigenvalue weighted by molar-refractivity contribution is -0.274. The fourth-order valence-electron chi connectivity index (χ4n) is 2.86. The number of hydrogen-bond acceptors (Lipinski definition) is 7. The molecular weight excluding hydrogens is 471 g/mol. The molecule has 176 valence electrons. The van der Waals surface area contributed by atoms with Crippen molar-refractivity contribution in [1.29, 1.82) is 0 Å². The molecule has 1 N–H and O–H groups in total. The largest absolute Gasteiger partial charge is 0.573 e. The number of thioether (sulfide) groups is 1. The van der Waals surface area contributed by atoms with Gasteiger partial charge in [-0.3, -0.25) is 0 Å². The number of alkyl halides is 3. The summed E-state index contributed by atoms with van der Waals surface area (Å²) in [5.41, 5.74) is 0. The molecule has 2 aromatic carbocycles. The van der Waals surface area contributed by atoms with Crippen molar-refractivity contribution in [2.75, 3.05) is 37.8 Å². The van der Waals surface area contributed by atoms with Crippen molar-refractivity contribution in [2.45, 2.75) is 17.4 Å². The second-order valence-corrected chi connectivity index (χ2v) is 9.95. The molecule has 32 heavy (non-hydrogen) atoms. The van der Waals surface area contributed by atoms with Crippen LogP contribution in [-0.4, -0.2) is 68.1 Å². The van der Waals surface area contributed by atoms with E-state index in [1.54, 1.807) is 24.3 Å². The van der Waals surface area contributed by atoms with Crippen LogP contribution in [0.2, 0.25) is 0 Å². The Morgan fingerprint density at radius 2 is 1.53 bits per heavy atom. The summed E-state index contributed by atoms with van der Waals surface area (Å²) in [6, 6.07) is 11.8. The second-order valence-electron chi connectivity index (χ2n) is 6.85. The van der Waals surface area contributed by atoms with Crippen molar-refractivity contribution in [3.8, 4) is 17.2 Å². The fourth-order valence-corrected chi connectivity index (χ4v) is 5.36. The zero-order chi connectivity index (χ0) is 23.2. The molecular formula is C20H22F3NO6S2. The first-order valence-electron chi connectivity index (χ1n) is 9.61. The Kier molecular flexibility index (Phi) is 8.28. The molecule has 7 nitrogen and oxygen atoms in total. The van der Waals surface area contributed by atoms with Crippen molar-refractivity contribution < 1.29 is 40.9 Å². The molecule has 2 aromatic rings. The number of rotatable bonds is 9. The maximum atomic E-state index is 12.3. The quantitative estimate of drug-likeness (QED) is 0.536. The molecule has 1 heterocycles. The van der Waals surface area contributed by atoms with Crippen LogP contribution >= 0.6 is 11.8 Å². The van der Waals surface area contributed by atoms with Crippen LogP contribution in [0.4, 0.5) is 13.2 Å². The Morgan fingerprint density at radius 1 is 1.00 bits per heavy atom. The van der Waals surface area contributed by atoms with E-state index in [2.05, 4.69) is 4.74 Å². The first-order valence-corrected chi connectivity index (χ1v) is 12.2. The molecule has 0 aromatic heterocycles. The van der Waals surface area contributed by atoms with Gasteiger partial charge in [-0.1, -0.05) is 0 Å². The monoisotopic (exact) mass is 493 g/mol. The van der Waals surface area contributed by atoms with Crippen molar-refractivity contribution in [1.82, 2.24) is 4.31 Å². The van der Waals surface area contributed by atoms with Crippen molar-refractivity contribution in [2.24, 2.45) is 0 Å². The van der Waals surface area contributed by atoms with E-state index in [9.17, 15) is 26.7 Å². The predicted molar refractivity (Wildman–Crippen MR) is 113 cm³/mol. The number of benzene rings is 2. The van der Waals surface area contributed by atoms with Crippen LogP contribution < -0.4 is 9.47 Å².